The van der Waals surface area contributed by atoms with Crippen molar-refractivity contribution in [3.05, 3.63) is 23.8 Å². The third-order valence-electron chi connectivity index (χ3n) is 6.06. The fourth-order valence-corrected chi connectivity index (χ4v) is 4.69. The molecule has 5 heteroatoms. The van der Waals surface area contributed by atoms with Gasteiger partial charge >= 0.3 is 0 Å². The van der Waals surface area contributed by atoms with Crippen LogP contribution in [0.2, 0.25) is 0 Å². The summed E-state index contributed by atoms with van der Waals surface area (Å²) in [5.74, 6) is 2.28. The highest BCUT2D eigenvalue weighted by atomic mass is 16.5. The summed E-state index contributed by atoms with van der Waals surface area (Å²) in [6.07, 6.45) is 2.53. The number of benzene rings is 1. The average molecular weight is 348 g/mol. The minimum Gasteiger partial charge on any atom is -0.493 e. The fourth-order valence-electron chi connectivity index (χ4n) is 4.69. The third kappa shape index (κ3) is 3.94. The monoisotopic (exact) mass is 348 g/mol. The number of rotatable bonds is 6. The summed E-state index contributed by atoms with van der Waals surface area (Å²) >= 11 is 0. The molecule has 0 bridgehead atoms. The Kier molecular flexibility index (Phi) is 5.87. The van der Waals surface area contributed by atoms with E-state index in [1.165, 1.54) is 31.5 Å². The molecular weight excluding hydrogens is 316 g/mol. The van der Waals surface area contributed by atoms with Crippen LogP contribution in [0.4, 0.5) is 0 Å². The summed E-state index contributed by atoms with van der Waals surface area (Å²) in [5, 5.41) is 0. The highest BCUT2D eigenvalue weighted by molar-refractivity contribution is 5.42. The van der Waals surface area contributed by atoms with E-state index in [1.54, 1.807) is 14.2 Å². The lowest BCUT2D eigenvalue weighted by molar-refractivity contribution is 0.0353. The zero-order valence-corrected chi connectivity index (χ0v) is 16.1. The molecule has 1 aromatic carbocycles. The fraction of sp³-hybridized carbons (Fsp3) is 0.700. The van der Waals surface area contributed by atoms with Crippen LogP contribution in [-0.2, 0) is 11.3 Å². The van der Waals surface area contributed by atoms with Crippen LogP contribution >= 0.6 is 0 Å². The maximum absolute atomic E-state index is 5.51. The number of hydrogen-bond donors (Lipinski definition) is 0. The van der Waals surface area contributed by atoms with E-state index in [-0.39, 0.29) is 0 Å². The van der Waals surface area contributed by atoms with Gasteiger partial charge in [0.1, 0.15) is 0 Å². The van der Waals surface area contributed by atoms with Gasteiger partial charge in [-0.3, -0.25) is 4.90 Å². The molecule has 25 heavy (non-hydrogen) atoms. The Morgan fingerprint density at radius 3 is 2.44 bits per heavy atom. The summed E-state index contributed by atoms with van der Waals surface area (Å²) in [6, 6.07) is 6.24. The molecule has 3 rings (SSSR count). The normalized spacial score (nSPS) is 23.9. The van der Waals surface area contributed by atoms with Crippen molar-refractivity contribution in [2.45, 2.75) is 19.4 Å². The molecule has 1 atom stereocenters. The smallest absolute Gasteiger partial charge is 0.161 e. The summed E-state index contributed by atoms with van der Waals surface area (Å²) < 4.78 is 16.3. The van der Waals surface area contributed by atoms with Gasteiger partial charge in [-0.15, -0.1) is 0 Å². The summed E-state index contributed by atoms with van der Waals surface area (Å²) in [4.78, 5) is 5.04. The molecular formula is C20H32N2O3. The molecule has 1 spiro atoms. The Morgan fingerprint density at radius 2 is 1.80 bits per heavy atom. The van der Waals surface area contributed by atoms with E-state index in [0.29, 0.717) is 11.3 Å². The standard InChI is InChI=1S/C20H32N2O3/c1-21-13-17(14-23-2)20(15-21)7-9-22(10-8-20)12-16-5-6-18(24-3)19(11-16)25-4/h5-6,11,17H,7-10,12-15H2,1-4H3. The van der Waals surface area contributed by atoms with Crippen molar-refractivity contribution in [3.63, 3.8) is 0 Å². The summed E-state index contributed by atoms with van der Waals surface area (Å²) in [5.41, 5.74) is 1.73. The molecule has 0 saturated carbocycles. The second-order valence-corrected chi connectivity index (χ2v) is 7.68. The van der Waals surface area contributed by atoms with Crippen molar-refractivity contribution >= 4 is 0 Å². The molecule has 140 valence electrons. The second-order valence-electron chi connectivity index (χ2n) is 7.68. The summed E-state index contributed by atoms with van der Waals surface area (Å²) in [7, 11) is 7.45. The largest absolute Gasteiger partial charge is 0.493 e. The van der Waals surface area contributed by atoms with Crippen LogP contribution in [0.5, 0.6) is 11.5 Å². The average Bonchev–Trinajstić information content (AvgIpc) is 2.92. The zero-order chi connectivity index (χ0) is 17.9. The molecule has 0 amide bonds. The lowest BCUT2D eigenvalue weighted by Crippen LogP contribution is -2.44. The van der Waals surface area contributed by atoms with Gasteiger partial charge in [0.25, 0.3) is 0 Å². The first kappa shape index (κ1) is 18.5. The Hall–Kier alpha value is -1.30. The molecule has 2 fully saturated rings. The number of nitrogens with zero attached hydrogens (tertiary/aromatic N) is 2. The highest BCUT2D eigenvalue weighted by Crippen LogP contribution is 2.44. The van der Waals surface area contributed by atoms with Crippen molar-refractivity contribution in [1.82, 2.24) is 9.80 Å². The van der Waals surface area contributed by atoms with E-state index in [1.807, 2.05) is 13.2 Å². The number of likely N-dealkylation sites (tertiary alicyclic amines) is 2. The molecule has 0 radical (unpaired) electrons. The van der Waals surface area contributed by atoms with E-state index in [2.05, 4.69) is 29.0 Å². The summed E-state index contributed by atoms with van der Waals surface area (Å²) in [6.45, 7) is 6.56. The van der Waals surface area contributed by atoms with E-state index < -0.39 is 0 Å². The van der Waals surface area contributed by atoms with Crippen molar-refractivity contribution in [2.75, 3.05) is 61.2 Å². The Morgan fingerprint density at radius 1 is 1.08 bits per heavy atom. The van der Waals surface area contributed by atoms with Gasteiger partial charge in [-0.1, -0.05) is 6.07 Å². The first-order chi connectivity index (χ1) is 12.1. The molecule has 1 aromatic rings. The molecule has 2 aliphatic rings. The van der Waals surface area contributed by atoms with Gasteiger partial charge in [0, 0.05) is 32.7 Å². The van der Waals surface area contributed by atoms with E-state index in [0.717, 1.165) is 37.7 Å². The van der Waals surface area contributed by atoms with Crippen molar-refractivity contribution in [2.24, 2.45) is 11.3 Å². The minimum atomic E-state index is 0.443. The van der Waals surface area contributed by atoms with Gasteiger partial charge in [0.05, 0.1) is 20.8 Å². The van der Waals surface area contributed by atoms with Gasteiger partial charge in [-0.05, 0) is 56.1 Å². The molecule has 0 N–H and O–H groups in total. The van der Waals surface area contributed by atoms with Gasteiger partial charge in [-0.2, -0.15) is 0 Å². The lowest BCUT2D eigenvalue weighted by atomic mass is 9.71. The van der Waals surface area contributed by atoms with Crippen LogP contribution in [0.15, 0.2) is 18.2 Å². The first-order valence-corrected chi connectivity index (χ1v) is 9.21. The van der Waals surface area contributed by atoms with E-state index >= 15 is 0 Å². The minimum absolute atomic E-state index is 0.443. The number of methoxy groups -OCH3 is 3. The van der Waals surface area contributed by atoms with Gasteiger partial charge in [0.2, 0.25) is 0 Å². The van der Waals surface area contributed by atoms with Crippen LogP contribution in [0.3, 0.4) is 0 Å². The van der Waals surface area contributed by atoms with Gasteiger partial charge < -0.3 is 19.1 Å². The molecule has 1 unspecified atom stereocenters. The Labute approximate surface area is 151 Å². The molecule has 2 heterocycles. The van der Waals surface area contributed by atoms with Crippen LogP contribution in [0.25, 0.3) is 0 Å². The zero-order valence-electron chi connectivity index (χ0n) is 16.1. The number of piperidine rings is 1. The van der Waals surface area contributed by atoms with E-state index in [9.17, 15) is 0 Å². The number of hydrogen-bond acceptors (Lipinski definition) is 5. The SMILES string of the molecule is COCC1CN(C)CC12CCN(Cc1ccc(OC)c(OC)c1)CC2. The van der Waals surface area contributed by atoms with Crippen LogP contribution in [-0.4, -0.2) is 71.0 Å². The molecule has 0 aliphatic carbocycles. The van der Waals surface area contributed by atoms with Gasteiger partial charge in [0.15, 0.2) is 11.5 Å². The van der Waals surface area contributed by atoms with E-state index in [4.69, 9.17) is 14.2 Å². The quantitative estimate of drug-likeness (QED) is 0.789. The predicted molar refractivity (Wildman–Crippen MR) is 99.4 cm³/mol. The third-order valence-corrected chi connectivity index (χ3v) is 6.06. The van der Waals surface area contributed by atoms with Crippen LogP contribution in [0.1, 0.15) is 18.4 Å². The molecule has 0 aromatic heterocycles. The Balaban J connectivity index is 1.61. The van der Waals surface area contributed by atoms with Crippen LogP contribution in [0, 0.1) is 11.3 Å². The Bertz CT molecular complexity index is 570. The molecule has 5 nitrogen and oxygen atoms in total. The van der Waals surface area contributed by atoms with Gasteiger partial charge in [-0.25, -0.2) is 0 Å². The second kappa shape index (κ2) is 7.94. The predicted octanol–water partition coefficient (Wildman–Crippen LogP) is 2.49. The molecule has 2 aliphatic heterocycles. The van der Waals surface area contributed by atoms with Crippen molar-refractivity contribution in [3.8, 4) is 11.5 Å². The highest BCUT2D eigenvalue weighted by Gasteiger charge is 2.46. The maximum atomic E-state index is 5.51. The van der Waals surface area contributed by atoms with Crippen molar-refractivity contribution < 1.29 is 14.2 Å². The lowest BCUT2D eigenvalue weighted by Gasteiger charge is -2.42. The number of ether oxygens (including phenoxy) is 3. The van der Waals surface area contributed by atoms with Crippen LogP contribution < -0.4 is 9.47 Å². The van der Waals surface area contributed by atoms with Crippen molar-refractivity contribution in [1.29, 1.82) is 0 Å². The molecule has 2 saturated heterocycles. The maximum Gasteiger partial charge on any atom is 0.161 e. The first-order valence-electron chi connectivity index (χ1n) is 9.21. The topological polar surface area (TPSA) is 34.2 Å².